The minimum atomic E-state index is -1.06. The van der Waals surface area contributed by atoms with Crippen molar-refractivity contribution in [1.29, 1.82) is 0 Å². The standard InChI is InChI=1S/C12H12BrFO2/c1-11(2)6-12(11,10(15)16)8-4-3-7(13)5-9(8)14/h3-5H,6H2,1-2H3,(H,15,16). The molecule has 0 aliphatic heterocycles. The largest absolute Gasteiger partial charge is 0.481 e. The molecule has 1 aromatic rings. The number of carboxylic acids is 1. The molecule has 0 heterocycles. The summed E-state index contributed by atoms with van der Waals surface area (Å²) < 4.78 is 14.4. The van der Waals surface area contributed by atoms with Crippen LogP contribution in [0.1, 0.15) is 25.8 Å². The van der Waals surface area contributed by atoms with Gasteiger partial charge >= 0.3 is 5.97 Å². The van der Waals surface area contributed by atoms with Gasteiger partial charge < -0.3 is 5.11 Å². The van der Waals surface area contributed by atoms with Crippen LogP contribution in [0.2, 0.25) is 0 Å². The van der Waals surface area contributed by atoms with Crippen LogP contribution in [0, 0.1) is 11.2 Å². The molecule has 1 unspecified atom stereocenters. The van der Waals surface area contributed by atoms with Crippen molar-refractivity contribution in [3.8, 4) is 0 Å². The zero-order valence-electron chi connectivity index (χ0n) is 9.05. The monoisotopic (exact) mass is 286 g/mol. The van der Waals surface area contributed by atoms with Crippen molar-refractivity contribution in [3.63, 3.8) is 0 Å². The summed E-state index contributed by atoms with van der Waals surface area (Å²) in [6.07, 6.45) is 0.480. The molecule has 1 aliphatic carbocycles. The first-order chi connectivity index (χ1) is 7.31. The van der Waals surface area contributed by atoms with Gasteiger partial charge in [0.25, 0.3) is 0 Å². The zero-order chi connectivity index (χ0) is 12.1. The molecule has 1 atom stereocenters. The number of hydrogen-bond acceptors (Lipinski definition) is 1. The molecule has 0 bridgehead atoms. The zero-order valence-corrected chi connectivity index (χ0v) is 10.6. The van der Waals surface area contributed by atoms with Crippen LogP contribution in [-0.2, 0) is 10.2 Å². The average Bonchev–Trinajstić information content (AvgIpc) is 2.70. The number of carbonyl (C=O) groups is 1. The number of rotatable bonds is 2. The van der Waals surface area contributed by atoms with Gasteiger partial charge in [-0.2, -0.15) is 0 Å². The van der Waals surface area contributed by atoms with Crippen LogP contribution in [-0.4, -0.2) is 11.1 Å². The molecule has 0 amide bonds. The molecule has 1 N–H and O–H groups in total. The van der Waals surface area contributed by atoms with Crippen LogP contribution in [0.25, 0.3) is 0 Å². The summed E-state index contributed by atoms with van der Waals surface area (Å²) in [5, 5.41) is 9.31. The SMILES string of the molecule is CC1(C)CC1(C(=O)O)c1ccc(Br)cc1F. The van der Waals surface area contributed by atoms with E-state index < -0.39 is 17.2 Å². The van der Waals surface area contributed by atoms with Gasteiger partial charge in [-0.05, 0) is 24.0 Å². The minimum absolute atomic E-state index is 0.285. The van der Waals surface area contributed by atoms with E-state index in [0.717, 1.165) is 0 Å². The molecular weight excluding hydrogens is 275 g/mol. The van der Waals surface area contributed by atoms with Crippen LogP contribution < -0.4 is 0 Å². The van der Waals surface area contributed by atoms with Gasteiger partial charge in [0.1, 0.15) is 11.2 Å². The molecule has 16 heavy (non-hydrogen) atoms. The van der Waals surface area contributed by atoms with Gasteiger partial charge in [-0.25, -0.2) is 4.39 Å². The van der Waals surface area contributed by atoms with Crippen LogP contribution in [0.15, 0.2) is 22.7 Å². The maximum atomic E-state index is 13.8. The average molecular weight is 287 g/mol. The van der Waals surface area contributed by atoms with E-state index in [1.54, 1.807) is 12.1 Å². The summed E-state index contributed by atoms with van der Waals surface area (Å²) >= 11 is 3.16. The Morgan fingerprint density at radius 1 is 1.50 bits per heavy atom. The normalized spacial score (nSPS) is 26.5. The number of carboxylic acid groups (broad SMARTS) is 1. The fraction of sp³-hybridized carbons (Fsp3) is 0.417. The van der Waals surface area contributed by atoms with Crippen molar-refractivity contribution in [3.05, 3.63) is 34.1 Å². The Hall–Kier alpha value is -0.900. The Kier molecular flexibility index (Phi) is 2.38. The fourth-order valence-corrected chi connectivity index (χ4v) is 2.73. The number of benzene rings is 1. The fourth-order valence-electron chi connectivity index (χ4n) is 2.39. The highest BCUT2D eigenvalue weighted by Crippen LogP contribution is 2.64. The molecule has 4 heteroatoms. The number of aliphatic carboxylic acids is 1. The molecule has 0 radical (unpaired) electrons. The van der Waals surface area contributed by atoms with Crippen molar-refractivity contribution in [2.45, 2.75) is 25.7 Å². The molecule has 0 spiro atoms. The van der Waals surface area contributed by atoms with E-state index in [9.17, 15) is 14.3 Å². The molecule has 2 rings (SSSR count). The van der Waals surface area contributed by atoms with Crippen molar-refractivity contribution in [1.82, 2.24) is 0 Å². The maximum Gasteiger partial charge on any atom is 0.314 e. The second kappa shape index (κ2) is 3.29. The first-order valence-electron chi connectivity index (χ1n) is 5.00. The number of halogens is 2. The molecule has 0 saturated heterocycles. The first kappa shape index (κ1) is 11.6. The van der Waals surface area contributed by atoms with Crippen LogP contribution in [0.3, 0.4) is 0 Å². The van der Waals surface area contributed by atoms with Crippen molar-refractivity contribution in [2.75, 3.05) is 0 Å². The summed E-state index contributed by atoms with van der Waals surface area (Å²) in [4.78, 5) is 11.4. The molecule has 86 valence electrons. The van der Waals surface area contributed by atoms with Gasteiger partial charge in [0.15, 0.2) is 0 Å². The third-order valence-corrected chi connectivity index (χ3v) is 3.99. The molecular formula is C12H12BrFO2. The molecule has 1 aromatic carbocycles. The highest BCUT2D eigenvalue weighted by molar-refractivity contribution is 9.10. The van der Waals surface area contributed by atoms with Gasteiger partial charge in [-0.15, -0.1) is 0 Å². The van der Waals surface area contributed by atoms with Crippen LogP contribution >= 0.6 is 15.9 Å². The Morgan fingerprint density at radius 2 is 2.06 bits per heavy atom. The van der Waals surface area contributed by atoms with E-state index in [0.29, 0.717) is 10.9 Å². The van der Waals surface area contributed by atoms with E-state index in [1.807, 2.05) is 13.8 Å². The lowest BCUT2D eigenvalue weighted by molar-refractivity contribution is -0.141. The predicted octanol–water partition coefficient (Wildman–Crippen LogP) is 3.34. The Morgan fingerprint density at radius 3 is 2.44 bits per heavy atom. The van der Waals surface area contributed by atoms with Crippen LogP contribution in [0.5, 0.6) is 0 Å². The van der Waals surface area contributed by atoms with Gasteiger partial charge in [0, 0.05) is 10.0 Å². The lowest BCUT2D eigenvalue weighted by Gasteiger charge is -2.17. The van der Waals surface area contributed by atoms with Crippen molar-refractivity contribution in [2.24, 2.45) is 5.41 Å². The lowest BCUT2D eigenvalue weighted by atomic mass is 9.87. The summed E-state index contributed by atoms with van der Waals surface area (Å²) in [7, 11) is 0. The van der Waals surface area contributed by atoms with Gasteiger partial charge in [0.05, 0.1) is 0 Å². The third kappa shape index (κ3) is 1.39. The molecule has 1 fully saturated rings. The Labute approximate surface area is 102 Å². The maximum absolute atomic E-state index is 13.8. The van der Waals surface area contributed by atoms with Crippen LogP contribution in [0.4, 0.5) is 4.39 Å². The molecule has 0 aromatic heterocycles. The number of hydrogen-bond donors (Lipinski definition) is 1. The summed E-state index contributed by atoms with van der Waals surface area (Å²) in [5.74, 6) is -1.40. The van der Waals surface area contributed by atoms with E-state index in [-0.39, 0.29) is 11.0 Å². The van der Waals surface area contributed by atoms with Crippen molar-refractivity contribution < 1.29 is 14.3 Å². The second-order valence-corrected chi connectivity index (χ2v) is 5.81. The van der Waals surface area contributed by atoms with Gasteiger partial charge in [-0.1, -0.05) is 35.8 Å². The topological polar surface area (TPSA) is 37.3 Å². The van der Waals surface area contributed by atoms with E-state index in [4.69, 9.17) is 0 Å². The summed E-state index contributed by atoms with van der Waals surface area (Å²) in [6, 6.07) is 4.55. The van der Waals surface area contributed by atoms with E-state index in [1.165, 1.54) is 6.07 Å². The minimum Gasteiger partial charge on any atom is -0.481 e. The molecule has 1 saturated carbocycles. The van der Waals surface area contributed by atoms with Crippen molar-refractivity contribution >= 4 is 21.9 Å². The Bertz CT molecular complexity index is 470. The first-order valence-corrected chi connectivity index (χ1v) is 5.79. The predicted molar refractivity (Wildman–Crippen MR) is 61.8 cm³/mol. The second-order valence-electron chi connectivity index (χ2n) is 4.90. The van der Waals surface area contributed by atoms with Gasteiger partial charge in [0.2, 0.25) is 0 Å². The summed E-state index contributed by atoms with van der Waals surface area (Å²) in [6.45, 7) is 3.70. The lowest BCUT2D eigenvalue weighted by Crippen LogP contribution is -2.26. The third-order valence-electron chi connectivity index (χ3n) is 3.49. The van der Waals surface area contributed by atoms with E-state index in [2.05, 4.69) is 15.9 Å². The quantitative estimate of drug-likeness (QED) is 0.905. The highest BCUT2D eigenvalue weighted by Gasteiger charge is 2.68. The Balaban J connectivity index is 2.56. The smallest absolute Gasteiger partial charge is 0.314 e. The highest BCUT2D eigenvalue weighted by atomic mass is 79.9. The molecule has 2 nitrogen and oxygen atoms in total. The van der Waals surface area contributed by atoms with Gasteiger partial charge in [-0.3, -0.25) is 4.79 Å². The molecule has 1 aliphatic rings. The van der Waals surface area contributed by atoms with E-state index >= 15 is 0 Å². The summed E-state index contributed by atoms with van der Waals surface area (Å²) in [5.41, 5.74) is -1.15.